The van der Waals surface area contributed by atoms with Crippen LogP contribution in [0.25, 0.3) is 33.8 Å². The van der Waals surface area contributed by atoms with Crippen molar-refractivity contribution in [2.24, 2.45) is 10.8 Å². The molecule has 0 saturated carbocycles. The number of hydrogen-bond donors (Lipinski definition) is 2. The van der Waals surface area contributed by atoms with E-state index in [1.165, 1.54) is 63.3 Å². The van der Waals surface area contributed by atoms with Gasteiger partial charge < -0.3 is 53.6 Å². The molecule has 3 N–H and O–H groups in total. The van der Waals surface area contributed by atoms with Gasteiger partial charge in [-0.15, -0.1) is 24.8 Å². The van der Waals surface area contributed by atoms with Crippen molar-refractivity contribution in [3.63, 3.8) is 0 Å². The third-order valence-corrected chi connectivity index (χ3v) is 23.9. The van der Waals surface area contributed by atoms with Gasteiger partial charge in [0.15, 0.2) is 0 Å². The van der Waals surface area contributed by atoms with E-state index in [0.717, 1.165) is 47.0 Å². The number of esters is 3. The quantitative estimate of drug-likeness (QED) is 0.0298. The van der Waals surface area contributed by atoms with Crippen LogP contribution in [0.3, 0.4) is 0 Å². The minimum atomic E-state index is -1.03. The molecule has 40 heteroatoms. The van der Waals surface area contributed by atoms with Crippen molar-refractivity contribution in [1.82, 2.24) is 50.1 Å². The molecule has 4 aliphatic rings. The second-order valence-corrected chi connectivity index (χ2v) is 35.3. The van der Waals surface area contributed by atoms with Gasteiger partial charge in [-0.3, -0.25) is 4.79 Å². The number of ether oxygens (including phenoxy) is 3. The number of nitriles is 2. The van der Waals surface area contributed by atoms with E-state index < -0.39 is 41.6 Å². The van der Waals surface area contributed by atoms with E-state index in [2.05, 4.69) is 79.9 Å². The average molecular weight is 2210 g/mol. The van der Waals surface area contributed by atoms with Crippen LogP contribution < -0.4 is 29.6 Å². The Bertz CT molecular complexity index is 5720. The van der Waals surface area contributed by atoms with Gasteiger partial charge in [-0.1, -0.05) is 163 Å². The fourth-order valence-electron chi connectivity index (χ4n) is 12.9. The molecular formula is C101H123B2Cl8F2ILiN12O14. The summed E-state index contributed by atoms with van der Waals surface area (Å²) in [5.41, 5.74) is 6.14. The van der Waals surface area contributed by atoms with E-state index in [1.807, 2.05) is 55.4 Å². The van der Waals surface area contributed by atoms with E-state index >= 15 is 0 Å². The molecule has 0 unspecified atom stereocenters. The maximum atomic E-state index is 13.3. The van der Waals surface area contributed by atoms with Gasteiger partial charge in [-0.2, -0.15) is 10.5 Å². The zero-order valence-electron chi connectivity index (χ0n) is 76.0. The smallest absolute Gasteiger partial charge is 0.870 e. The van der Waals surface area contributed by atoms with Gasteiger partial charge in [0, 0.05) is 83.3 Å². The number of carbonyl (C=O) groups excluding carboxylic acids is 4. The number of carbonyl (C=O) groups is 5. The van der Waals surface area contributed by atoms with Gasteiger partial charge in [0.05, 0.1) is 110 Å². The summed E-state index contributed by atoms with van der Waals surface area (Å²) in [6.45, 7) is 24.9. The van der Waals surface area contributed by atoms with Crippen molar-refractivity contribution < 1.29 is 95.0 Å². The fourth-order valence-corrected chi connectivity index (χ4v) is 14.4. The molecule has 15 rings (SSSR count). The first-order valence-corrected chi connectivity index (χ1v) is 44.6. The Morgan fingerprint density at radius 2 is 0.801 bits per heavy atom. The van der Waals surface area contributed by atoms with Crippen molar-refractivity contribution in [3.05, 3.63) is 298 Å². The number of carboxylic acid groups (broad SMARTS) is 1. The molecule has 0 spiro atoms. The maximum absolute atomic E-state index is 13.3. The van der Waals surface area contributed by atoms with Crippen molar-refractivity contribution in [1.29, 1.82) is 10.5 Å². The van der Waals surface area contributed by atoms with E-state index in [0.29, 0.717) is 144 Å². The van der Waals surface area contributed by atoms with Gasteiger partial charge in [0.2, 0.25) is 0 Å². The minimum absolute atomic E-state index is 0. The summed E-state index contributed by atoms with van der Waals surface area (Å²) in [7, 11) is 0.798. The first-order chi connectivity index (χ1) is 62.3. The average Bonchev–Trinajstić information content (AvgIpc) is 1.63. The number of nitrogens with zero attached hydrogens (tertiary/aromatic N) is 11. The van der Waals surface area contributed by atoms with Crippen LogP contribution in [-0.2, 0) is 45.7 Å². The molecule has 8 heterocycles. The number of halogens is 11. The number of aromatic nitrogens is 8. The number of aromatic carboxylic acids is 1. The second kappa shape index (κ2) is 65.1. The molecule has 4 aromatic heterocycles. The normalized spacial score (nSPS) is 14.1. The molecule has 4 aliphatic heterocycles. The second-order valence-electron chi connectivity index (χ2n) is 31.6. The maximum Gasteiger partial charge on any atom is 1.00 e. The van der Waals surface area contributed by atoms with E-state index in [-0.39, 0.29) is 139 Å². The Morgan fingerprint density at radius 1 is 0.468 bits per heavy atom. The van der Waals surface area contributed by atoms with Crippen LogP contribution in [0.2, 0.25) is 30.3 Å². The number of carboxylic acids is 1. The first-order valence-electron chi connectivity index (χ1n) is 41.2. The van der Waals surface area contributed by atoms with Crippen LogP contribution in [0.1, 0.15) is 209 Å². The molecule has 141 heavy (non-hydrogen) atoms. The Labute approximate surface area is 897 Å². The standard InChI is InChI=1S/C24H20ClFN4O.C15H20BClO4.C13H11ClN2O2.C13H15FN2.C11H7ClN2O2.C9H8ClIO2.C6H12BO2.C4H3ClN2.6CH4.2ClH.Li.H2O/c25-18-3-6-20(22-7-10-28-16-29-22)21(13-18)23(31)30-11-8-24(15-27,9-12-30)14-17-1-4-19(26)5-2-17;1-6-19-13(18)11-9-10(17)7-8-12(11)16-20-14(2,3)15(4,5)21-16;1-2-18-13(17)11-7-9(14)3-4-10(11)12-5-6-15-8-16-12;14-12-3-1-11(2-4-12)9-13(10-15)5-7-16-8-6-13;12-7-1-2-8(9(5-7)11(15)16)10-3-4-13-6-14-10;1-2-13-9(12)7-5-6(10)3-4-8(7)11;1-5(2)6(3,4)9-7-8-5;5-4-1-2-6-3-7-4;;;;;;;;;;/h1-7,10,13,16H,8-9,11-12,14H2;7-9H,6H2,1-5H3;3-8H,2H2,1H3;1-4,16H,5-9H2;1-6H,(H,15,16);3-5H,2H2,1H3;1-4H3;1-3H;6*1H4;2*1H;;1H2/q;;;;;;;;;;;;;;;;+1;/p-1. The summed E-state index contributed by atoms with van der Waals surface area (Å²) in [4.78, 5) is 92.7. The molecule has 0 atom stereocenters. The largest absolute Gasteiger partial charge is 1.00 e. The van der Waals surface area contributed by atoms with E-state index in [1.54, 1.807) is 184 Å². The summed E-state index contributed by atoms with van der Waals surface area (Å²) < 4.78 is 64.1. The first kappa shape index (κ1) is 136. The number of amides is 1. The number of likely N-dealkylation sites (tertiary alicyclic amines) is 1. The molecule has 26 nitrogen and oxygen atoms in total. The summed E-state index contributed by atoms with van der Waals surface area (Å²) in [6.07, 6.45) is 16.2. The van der Waals surface area contributed by atoms with Crippen LogP contribution in [0.15, 0.2) is 214 Å². The van der Waals surface area contributed by atoms with Gasteiger partial charge in [0.1, 0.15) is 42.1 Å². The molecule has 7 aromatic carbocycles. The van der Waals surface area contributed by atoms with Gasteiger partial charge in [-0.05, 0) is 282 Å². The Balaban J connectivity index is -0.00000157. The number of piperidine rings is 2. The Kier molecular flexibility index (Phi) is 62.6. The van der Waals surface area contributed by atoms with Crippen LogP contribution in [0, 0.1) is 48.7 Å². The topological polar surface area (TPSA) is 366 Å². The van der Waals surface area contributed by atoms with Gasteiger partial charge in [0.25, 0.3) is 5.91 Å². The zero-order chi connectivity index (χ0) is 95.7. The van der Waals surface area contributed by atoms with Crippen molar-refractivity contribution in [3.8, 4) is 45.9 Å². The summed E-state index contributed by atoms with van der Waals surface area (Å²) in [5, 5.41) is 34.3. The molecular weight excluding hydrogens is 2080 g/mol. The van der Waals surface area contributed by atoms with Crippen LogP contribution >= 0.6 is 117 Å². The van der Waals surface area contributed by atoms with Crippen molar-refractivity contribution in [2.75, 3.05) is 46.0 Å². The van der Waals surface area contributed by atoms with Crippen molar-refractivity contribution in [2.45, 2.75) is 182 Å². The molecule has 755 valence electrons. The predicted molar refractivity (Wildman–Crippen MR) is 567 cm³/mol. The third-order valence-electron chi connectivity index (χ3n) is 21.6. The fraction of sp³-hybridized carbons (Fsp3) is 0.356. The number of hydrogen-bond acceptors (Lipinski definition) is 24. The van der Waals surface area contributed by atoms with Gasteiger partial charge >= 0.3 is 57.5 Å². The molecule has 1 radical (unpaired) electrons. The Hall–Kier alpha value is -9.41. The van der Waals surface area contributed by atoms with Gasteiger partial charge in [-0.25, -0.2) is 67.8 Å². The van der Waals surface area contributed by atoms with E-state index in [4.69, 9.17) is 108 Å². The summed E-state index contributed by atoms with van der Waals surface area (Å²) in [6, 6.07) is 49.4. The Morgan fingerprint density at radius 3 is 1.15 bits per heavy atom. The summed E-state index contributed by atoms with van der Waals surface area (Å²) in [5.74, 6) is -2.84. The van der Waals surface area contributed by atoms with Crippen molar-refractivity contribution >= 4 is 167 Å². The number of nitrogens with one attached hydrogen (secondary N) is 1. The monoisotopic (exact) mass is 2200 g/mol. The SMILES string of the molecule is C.C.C.C.C.C.CC1(C)O[B]OC1(C)C.CCOC(=O)c1cc(Cl)ccc1-c1ccncn1.CCOC(=O)c1cc(Cl)ccc1B1OC(C)(C)C(C)(C)O1.CCOC(=O)c1cc(Cl)ccc1I.Cl.Cl.Clc1ccncn1.N#CC1(Cc2ccc(F)cc2)CCN(C(=O)c2cc(Cl)ccc2-c2ccncn2)CC1.N#CC1(Cc2ccc(F)cc2)CCNCC1.O=C(O)c1cc(Cl)ccc1-c1ccncn1.[Li+].[OH-]. The van der Waals surface area contributed by atoms with E-state index in [9.17, 15) is 43.3 Å². The van der Waals surface area contributed by atoms with Crippen LogP contribution in [0.5, 0.6) is 0 Å². The third kappa shape index (κ3) is 40.6. The molecule has 4 fully saturated rings. The van der Waals surface area contributed by atoms with Crippen LogP contribution in [-0.4, -0.2) is 168 Å². The number of benzene rings is 7. The number of rotatable bonds is 16. The minimum Gasteiger partial charge on any atom is -0.870 e. The molecule has 4 saturated heterocycles. The summed E-state index contributed by atoms with van der Waals surface area (Å²) >= 11 is 37.0. The molecule has 1 amide bonds. The van der Waals surface area contributed by atoms with Crippen LogP contribution in [0.4, 0.5) is 8.78 Å². The molecule has 0 bridgehead atoms. The molecule has 0 aliphatic carbocycles. The molecule has 11 aromatic rings. The zero-order valence-corrected chi connectivity index (χ0v) is 84.3. The predicted octanol–water partition coefficient (Wildman–Crippen LogP) is 22.3.